The second-order valence-electron chi connectivity index (χ2n) is 4.98. The van der Waals surface area contributed by atoms with Gasteiger partial charge in [-0.15, -0.1) is 6.58 Å². The topological polar surface area (TPSA) is 78.4 Å². The standard InChI is InChI=1S/C14H24N2O3S/c1-2-9-20-10-8-15-14(19)16-12(13(17)18)11-6-4-3-5-7-11/h2,11-12H,1,3-10H2,(H,17,18)(H2,15,16,19). The summed E-state index contributed by atoms with van der Waals surface area (Å²) in [6.45, 7) is 4.15. The van der Waals surface area contributed by atoms with E-state index in [9.17, 15) is 14.7 Å². The van der Waals surface area contributed by atoms with Crippen molar-refractivity contribution in [2.75, 3.05) is 18.1 Å². The number of carbonyl (C=O) groups excluding carboxylic acids is 1. The number of carboxylic acid groups (broad SMARTS) is 1. The number of amides is 2. The minimum atomic E-state index is -0.937. The Kier molecular flexibility index (Phi) is 8.18. The number of rotatable bonds is 8. The van der Waals surface area contributed by atoms with Crippen LogP contribution in [-0.4, -0.2) is 41.2 Å². The van der Waals surface area contributed by atoms with Crippen LogP contribution in [0.25, 0.3) is 0 Å². The highest BCUT2D eigenvalue weighted by Gasteiger charge is 2.30. The lowest BCUT2D eigenvalue weighted by Crippen LogP contribution is -2.50. The van der Waals surface area contributed by atoms with Crippen LogP contribution in [0.3, 0.4) is 0 Å². The SMILES string of the molecule is C=CCSCCNC(=O)NC(C(=O)O)C1CCCCC1. The summed E-state index contributed by atoms with van der Waals surface area (Å²) in [6, 6.07) is -1.15. The van der Waals surface area contributed by atoms with Gasteiger partial charge in [-0.05, 0) is 18.8 Å². The van der Waals surface area contributed by atoms with Crippen LogP contribution in [0.2, 0.25) is 0 Å². The number of aliphatic carboxylic acids is 1. The zero-order valence-corrected chi connectivity index (χ0v) is 12.6. The van der Waals surface area contributed by atoms with Gasteiger partial charge in [0.25, 0.3) is 0 Å². The van der Waals surface area contributed by atoms with Crippen molar-refractivity contribution in [3.63, 3.8) is 0 Å². The Hall–Kier alpha value is -1.17. The lowest BCUT2D eigenvalue weighted by atomic mass is 9.84. The maximum absolute atomic E-state index is 11.7. The lowest BCUT2D eigenvalue weighted by molar-refractivity contribution is -0.141. The number of thioether (sulfide) groups is 1. The average Bonchev–Trinajstić information content (AvgIpc) is 2.45. The first-order valence-corrected chi connectivity index (χ1v) is 8.26. The Morgan fingerprint density at radius 1 is 1.35 bits per heavy atom. The average molecular weight is 300 g/mol. The molecule has 0 bridgehead atoms. The van der Waals surface area contributed by atoms with Gasteiger partial charge < -0.3 is 15.7 Å². The predicted octanol–water partition coefficient (Wildman–Crippen LogP) is 2.24. The second kappa shape index (κ2) is 9.69. The highest BCUT2D eigenvalue weighted by molar-refractivity contribution is 7.99. The molecule has 0 saturated heterocycles. The first kappa shape index (κ1) is 16.9. The summed E-state index contributed by atoms with van der Waals surface area (Å²) in [7, 11) is 0. The maximum atomic E-state index is 11.7. The van der Waals surface area contributed by atoms with Gasteiger partial charge in [0.05, 0.1) is 0 Å². The Morgan fingerprint density at radius 2 is 2.05 bits per heavy atom. The molecule has 0 aliphatic heterocycles. The van der Waals surface area contributed by atoms with E-state index in [1.54, 1.807) is 11.8 Å². The van der Waals surface area contributed by atoms with Crippen molar-refractivity contribution in [1.29, 1.82) is 0 Å². The van der Waals surface area contributed by atoms with Crippen molar-refractivity contribution in [3.8, 4) is 0 Å². The van der Waals surface area contributed by atoms with Crippen LogP contribution < -0.4 is 10.6 Å². The lowest BCUT2D eigenvalue weighted by Gasteiger charge is -2.28. The van der Waals surface area contributed by atoms with Gasteiger partial charge in [-0.2, -0.15) is 11.8 Å². The van der Waals surface area contributed by atoms with E-state index in [2.05, 4.69) is 17.2 Å². The predicted molar refractivity (Wildman–Crippen MR) is 82.1 cm³/mol. The molecule has 0 aromatic rings. The van der Waals surface area contributed by atoms with Crippen molar-refractivity contribution in [2.24, 2.45) is 5.92 Å². The van der Waals surface area contributed by atoms with Crippen LogP contribution in [-0.2, 0) is 4.79 Å². The number of hydrogen-bond acceptors (Lipinski definition) is 3. The summed E-state index contributed by atoms with van der Waals surface area (Å²) in [5.74, 6) is 0.763. The number of carbonyl (C=O) groups is 2. The Balaban J connectivity index is 2.31. The molecule has 0 spiro atoms. The molecule has 3 N–H and O–H groups in total. The highest BCUT2D eigenvalue weighted by Crippen LogP contribution is 2.26. The van der Waals surface area contributed by atoms with Gasteiger partial charge in [-0.25, -0.2) is 9.59 Å². The first-order valence-electron chi connectivity index (χ1n) is 7.11. The fourth-order valence-corrected chi connectivity index (χ4v) is 3.02. The van der Waals surface area contributed by atoms with E-state index in [1.807, 2.05) is 6.08 Å². The zero-order valence-electron chi connectivity index (χ0n) is 11.8. The quantitative estimate of drug-likeness (QED) is 0.474. The molecule has 1 atom stereocenters. The summed E-state index contributed by atoms with van der Waals surface area (Å²) in [6.07, 6.45) is 6.84. The van der Waals surface area contributed by atoms with Crippen LogP contribution in [0, 0.1) is 5.92 Å². The number of hydrogen-bond donors (Lipinski definition) is 3. The molecule has 0 aromatic carbocycles. The molecular formula is C14H24N2O3S. The van der Waals surface area contributed by atoms with E-state index >= 15 is 0 Å². The van der Waals surface area contributed by atoms with Crippen LogP contribution in [0.15, 0.2) is 12.7 Å². The minimum Gasteiger partial charge on any atom is -0.480 e. The van der Waals surface area contributed by atoms with Crippen LogP contribution >= 0.6 is 11.8 Å². The Morgan fingerprint density at radius 3 is 2.65 bits per heavy atom. The molecule has 0 radical (unpaired) electrons. The van der Waals surface area contributed by atoms with Gasteiger partial charge in [-0.3, -0.25) is 0 Å². The number of urea groups is 1. The fraction of sp³-hybridized carbons (Fsp3) is 0.714. The summed E-state index contributed by atoms with van der Waals surface area (Å²) in [5.41, 5.74) is 0. The van der Waals surface area contributed by atoms with E-state index in [4.69, 9.17) is 0 Å². The monoisotopic (exact) mass is 300 g/mol. The molecule has 1 rings (SSSR count). The fourth-order valence-electron chi connectivity index (χ4n) is 2.44. The smallest absolute Gasteiger partial charge is 0.326 e. The van der Waals surface area contributed by atoms with E-state index in [0.717, 1.165) is 43.6 Å². The Bertz CT molecular complexity index is 330. The van der Waals surface area contributed by atoms with Gasteiger partial charge in [0, 0.05) is 18.1 Å². The number of carboxylic acids is 1. The largest absolute Gasteiger partial charge is 0.480 e. The third-order valence-electron chi connectivity index (χ3n) is 3.44. The van der Waals surface area contributed by atoms with E-state index in [1.165, 1.54) is 0 Å². The van der Waals surface area contributed by atoms with Gasteiger partial charge in [0.2, 0.25) is 0 Å². The molecule has 20 heavy (non-hydrogen) atoms. The summed E-state index contributed by atoms with van der Waals surface area (Å²) in [5, 5.41) is 14.6. The van der Waals surface area contributed by atoms with Crippen LogP contribution in [0.1, 0.15) is 32.1 Å². The van der Waals surface area contributed by atoms with Crippen molar-refractivity contribution in [2.45, 2.75) is 38.1 Å². The normalized spacial score (nSPS) is 17.2. The molecule has 5 nitrogen and oxygen atoms in total. The molecule has 6 heteroatoms. The molecule has 1 saturated carbocycles. The minimum absolute atomic E-state index is 0.0575. The van der Waals surface area contributed by atoms with Crippen LogP contribution in [0.4, 0.5) is 4.79 Å². The van der Waals surface area contributed by atoms with Crippen LogP contribution in [0.5, 0.6) is 0 Å². The molecule has 1 fully saturated rings. The summed E-state index contributed by atoms with van der Waals surface area (Å²) in [4.78, 5) is 23.0. The van der Waals surface area contributed by atoms with Crippen molar-refractivity contribution in [1.82, 2.24) is 10.6 Å². The highest BCUT2D eigenvalue weighted by atomic mass is 32.2. The van der Waals surface area contributed by atoms with Gasteiger partial charge >= 0.3 is 12.0 Å². The molecule has 1 aliphatic rings. The molecule has 0 heterocycles. The molecule has 1 unspecified atom stereocenters. The van der Waals surface area contributed by atoms with Crippen molar-refractivity contribution < 1.29 is 14.7 Å². The second-order valence-corrected chi connectivity index (χ2v) is 6.13. The van der Waals surface area contributed by atoms with Gasteiger partial charge in [0.1, 0.15) is 6.04 Å². The van der Waals surface area contributed by atoms with E-state index in [0.29, 0.717) is 6.54 Å². The third kappa shape index (κ3) is 6.32. The molecule has 114 valence electrons. The third-order valence-corrected chi connectivity index (χ3v) is 4.41. The van der Waals surface area contributed by atoms with Crippen molar-refractivity contribution in [3.05, 3.63) is 12.7 Å². The summed E-state index contributed by atoms with van der Waals surface area (Å²) < 4.78 is 0. The van der Waals surface area contributed by atoms with Crippen molar-refractivity contribution >= 4 is 23.8 Å². The van der Waals surface area contributed by atoms with E-state index in [-0.39, 0.29) is 11.9 Å². The molecule has 1 aliphatic carbocycles. The molecular weight excluding hydrogens is 276 g/mol. The Labute approximate surface area is 124 Å². The van der Waals surface area contributed by atoms with Gasteiger partial charge in [-0.1, -0.05) is 25.3 Å². The molecule has 2 amide bonds. The number of nitrogens with one attached hydrogen (secondary N) is 2. The summed E-state index contributed by atoms with van der Waals surface area (Å²) >= 11 is 1.67. The first-order chi connectivity index (χ1) is 9.65. The maximum Gasteiger partial charge on any atom is 0.326 e. The zero-order chi connectivity index (χ0) is 14.8. The molecule has 0 aromatic heterocycles. The van der Waals surface area contributed by atoms with Gasteiger partial charge in [0.15, 0.2) is 0 Å². The van der Waals surface area contributed by atoms with E-state index < -0.39 is 12.0 Å².